The minimum Gasteiger partial charge on any atom is -0.488 e. The second-order valence-electron chi connectivity index (χ2n) is 8.97. The van der Waals surface area contributed by atoms with E-state index in [0.717, 1.165) is 57.1 Å². The number of hydrogen-bond acceptors (Lipinski definition) is 8. The number of rotatable bonds is 8. The van der Waals surface area contributed by atoms with Gasteiger partial charge in [0.1, 0.15) is 17.5 Å². The number of piperazine rings is 1. The Morgan fingerprint density at radius 2 is 2.16 bits per heavy atom. The van der Waals surface area contributed by atoms with Gasteiger partial charge < -0.3 is 20.5 Å². The van der Waals surface area contributed by atoms with Gasteiger partial charge in [-0.1, -0.05) is 0 Å². The Hall–Kier alpha value is -2.42. The fraction of sp³-hybridized carbons (Fsp3) is 0.565. The first-order chi connectivity index (χ1) is 14.9. The van der Waals surface area contributed by atoms with Gasteiger partial charge in [-0.15, -0.1) is 0 Å². The lowest BCUT2D eigenvalue weighted by molar-refractivity contribution is 0.0487. The lowest BCUT2D eigenvalue weighted by atomic mass is 10.0. The summed E-state index contributed by atoms with van der Waals surface area (Å²) < 4.78 is 11.3. The minimum atomic E-state index is -0.0883. The number of aliphatic imine (C=N–C) groups is 1. The number of benzene rings is 1. The smallest absolute Gasteiger partial charge is 0.125 e. The van der Waals surface area contributed by atoms with E-state index in [1.807, 2.05) is 24.3 Å². The van der Waals surface area contributed by atoms with Crippen LogP contribution in [0.5, 0.6) is 5.75 Å². The number of nitrogen functional groups attached to an aromatic ring is 1. The van der Waals surface area contributed by atoms with Gasteiger partial charge in [0.15, 0.2) is 0 Å². The van der Waals surface area contributed by atoms with Gasteiger partial charge in [-0.05, 0) is 51.0 Å². The Bertz CT molecular complexity index is 879. The summed E-state index contributed by atoms with van der Waals surface area (Å²) in [5.74, 6) is 0.761. The second kappa shape index (κ2) is 8.98. The van der Waals surface area contributed by atoms with Gasteiger partial charge in [0.05, 0.1) is 24.4 Å². The van der Waals surface area contributed by atoms with E-state index in [1.165, 1.54) is 0 Å². The topological polar surface area (TPSA) is 99.2 Å². The van der Waals surface area contributed by atoms with Crippen molar-refractivity contribution < 1.29 is 9.47 Å². The molecule has 1 saturated heterocycles. The maximum atomic E-state index is 8.79. The molecule has 1 aliphatic carbocycles. The predicted octanol–water partition coefficient (Wildman–Crippen LogP) is 2.06. The largest absolute Gasteiger partial charge is 0.488 e. The van der Waals surface area contributed by atoms with Gasteiger partial charge in [0, 0.05) is 50.6 Å². The summed E-state index contributed by atoms with van der Waals surface area (Å²) in [6.45, 7) is 8.88. The van der Waals surface area contributed by atoms with Crippen molar-refractivity contribution in [3.63, 3.8) is 0 Å². The van der Waals surface area contributed by atoms with Gasteiger partial charge >= 0.3 is 0 Å². The van der Waals surface area contributed by atoms with Crippen LogP contribution in [-0.2, 0) is 4.74 Å². The van der Waals surface area contributed by atoms with Crippen molar-refractivity contribution in [2.75, 3.05) is 45.6 Å². The first-order valence-corrected chi connectivity index (χ1v) is 11.0. The number of anilines is 1. The molecule has 8 nitrogen and oxygen atoms in total. The summed E-state index contributed by atoms with van der Waals surface area (Å²) in [5, 5.41) is 11.9. The molecule has 0 radical (unpaired) electrons. The molecule has 2 fully saturated rings. The van der Waals surface area contributed by atoms with E-state index in [1.54, 1.807) is 13.4 Å². The number of allylic oxidation sites excluding steroid dienone is 1. The van der Waals surface area contributed by atoms with E-state index in [9.17, 15) is 0 Å². The fourth-order valence-corrected chi connectivity index (χ4v) is 4.11. The predicted molar refractivity (Wildman–Crippen MR) is 124 cm³/mol. The number of nitrogens with zero attached hydrogens (tertiary/aromatic N) is 3. The molecule has 0 bridgehead atoms. The molecular formula is C23H34N6O2. The average Bonchev–Trinajstić information content (AvgIpc) is 3.50. The van der Waals surface area contributed by atoms with E-state index in [2.05, 4.69) is 34.0 Å². The van der Waals surface area contributed by atoms with Crippen molar-refractivity contribution in [2.24, 2.45) is 4.99 Å². The van der Waals surface area contributed by atoms with E-state index in [-0.39, 0.29) is 11.8 Å². The van der Waals surface area contributed by atoms with E-state index < -0.39 is 0 Å². The van der Waals surface area contributed by atoms with Crippen LogP contribution in [0.3, 0.4) is 0 Å². The molecule has 8 heteroatoms. The standard InChI is InChI=1S/C23H34N6O2/c1-16-14-29(9-8-28(16)10-11-30-3)21-13-20(26-15-27-21)22(25)18-12-17(4-5-19(18)24)31-23(2)6-7-23/h4-5,12-13,15-16,21,25H,6-11,14,24H2,1-3H3,(H,26,27)/t16-,21?/m1/s1. The zero-order valence-electron chi connectivity index (χ0n) is 18.7. The van der Waals surface area contributed by atoms with Crippen LogP contribution in [0, 0.1) is 5.41 Å². The number of ether oxygens (including phenoxy) is 2. The van der Waals surface area contributed by atoms with Crippen molar-refractivity contribution in [2.45, 2.75) is 44.5 Å². The van der Waals surface area contributed by atoms with Gasteiger partial charge in [0.25, 0.3) is 0 Å². The second-order valence-corrected chi connectivity index (χ2v) is 8.97. The highest BCUT2D eigenvalue weighted by atomic mass is 16.5. The molecule has 4 rings (SSSR count). The quantitative estimate of drug-likeness (QED) is 0.435. The normalized spacial score (nSPS) is 25.6. The van der Waals surface area contributed by atoms with Crippen molar-refractivity contribution in [1.82, 2.24) is 15.1 Å². The van der Waals surface area contributed by atoms with Crippen molar-refractivity contribution in [3.8, 4) is 5.75 Å². The van der Waals surface area contributed by atoms with Crippen LogP contribution in [0.25, 0.3) is 0 Å². The molecule has 0 spiro atoms. The molecule has 2 atom stereocenters. The molecule has 31 heavy (non-hydrogen) atoms. The molecular weight excluding hydrogens is 392 g/mol. The molecule has 1 aromatic carbocycles. The van der Waals surface area contributed by atoms with Crippen LogP contribution < -0.4 is 15.8 Å². The molecule has 1 saturated carbocycles. The van der Waals surface area contributed by atoms with Crippen molar-refractivity contribution in [3.05, 3.63) is 35.5 Å². The summed E-state index contributed by atoms with van der Waals surface area (Å²) in [5.41, 5.74) is 8.46. The Balaban J connectivity index is 1.45. The number of nitrogens with two attached hydrogens (primary N) is 1. The lowest BCUT2D eigenvalue weighted by Gasteiger charge is -2.42. The first kappa shape index (κ1) is 21.8. The van der Waals surface area contributed by atoms with E-state index in [4.69, 9.17) is 20.6 Å². The Kier molecular flexibility index (Phi) is 6.31. The van der Waals surface area contributed by atoms with Gasteiger partial charge in [-0.25, -0.2) is 0 Å². The third kappa shape index (κ3) is 5.08. The zero-order chi connectivity index (χ0) is 22.0. The molecule has 2 heterocycles. The summed E-state index contributed by atoms with van der Waals surface area (Å²) >= 11 is 0. The number of methoxy groups -OCH3 is 1. The summed E-state index contributed by atoms with van der Waals surface area (Å²) in [4.78, 5) is 9.42. The third-order valence-corrected chi connectivity index (χ3v) is 6.40. The highest BCUT2D eigenvalue weighted by Crippen LogP contribution is 2.40. The van der Waals surface area contributed by atoms with E-state index >= 15 is 0 Å². The zero-order valence-corrected chi connectivity index (χ0v) is 18.7. The van der Waals surface area contributed by atoms with Crippen LogP contribution in [0.1, 0.15) is 32.3 Å². The molecule has 168 valence electrons. The summed E-state index contributed by atoms with van der Waals surface area (Å²) in [7, 11) is 1.74. The van der Waals surface area contributed by atoms with Crippen LogP contribution in [-0.4, -0.2) is 79.6 Å². The van der Waals surface area contributed by atoms with E-state index in [0.29, 0.717) is 23.0 Å². The summed E-state index contributed by atoms with van der Waals surface area (Å²) in [6.07, 6.45) is 5.75. The van der Waals surface area contributed by atoms with Crippen LogP contribution in [0.2, 0.25) is 0 Å². The minimum absolute atomic E-state index is 0.0716. The Morgan fingerprint density at radius 3 is 2.87 bits per heavy atom. The molecule has 0 amide bonds. The molecule has 2 aliphatic heterocycles. The Labute approximate surface area is 184 Å². The Morgan fingerprint density at radius 1 is 1.35 bits per heavy atom. The van der Waals surface area contributed by atoms with Gasteiger partial charge in [0.2, 0.25) is 0 Å². The lowest BCUT2D eigenvalue weighted by Crippen LogP contribution is -2.55. The maximum absolute atomic E-state index is 8.79. The molecule has 3 aliphatic rings. The van der Waals surface area contributed by atoms with Gasteiger partial charge in [-0.2, -0.15) is 0 Å². The van der Waals surface area contributed by atoms with Gasteiger partial charge in [-0.3, -0.25) is 20.2 Å². The number of nitrogens with one attached hydrogen (secondary N) is 2. The number of hydrogen-bond donors (Lipinski definition) is 3. The van der Waals surface area contributed by atoms with Crippen molar-refractivity contribution >= 4 is 17.7 Å². The van der Waals surface area contributed by atoms with Crippen LogP contribution >= 0.6 is 0 Å². The van der Waals surface area contributed by atoms with Crippen LogP contribution in [0.4, 0.5) is 5.69 Å². The monoisotopic (exact) mass is 426 g/mol. The highest BCUT2D eigenvalue weighted by molar-refractivity contribution is 6.14. The fourth-order valence-electron chi connectivity index (χ4n) is 4.11. The van der Waals surface area contributed by atoms with Crippen LogP contribution in [0.15, 0.2) is 35.0 Å². The molecule has 1 unspecified atom stereocenters. The molecule has 0 aromatic heterocycles. The maximum Gasteiger partial charge on any atom is 0.125 e. The SMILES string of the molecule is COCCN1CCN(C2C=C(C(=N)c3cc(OC4(C)CC4)ccc3N)NC=N2)C[C@H]1C. The highest BCUT2D eigenvalue weighted by Gasteiger charge is 2.40. The molecule has 4 N–H and O–H groups in total. The first-order valence-electron chi connectivity index (χ1n) is 11.0. The molecule has 1 aromatic rings. The van der Waals surface area contributed by atoms with Crippen molar-refractivity contribution in [1.29, 1.82) is 5.41 Å². The third-order valence-electron chi connectivity index (χ3n) is 6.40. The average molecular weight is 427 g/mol. The summed E-state index contributed by atoms with van der Waals surface area (Å²) in [6, 6.07) is 6.01.